The molecule has 0 bridgehead atoms. The number of rotatable bonds is 32. The summed E-state index contributed by atoms with van der Waals surface area (Å²) < 4.78 is 70.8. The lowest BCUT2D eigenvalue weighted by atomic mass is 9.79. The summed E-state index contributed by atoms with van der Waals surface area (Å²) in [6, 6.07) is 78.3. The first-order valence-electron chi connectivity index (χ1n) is 39.5. The molecule has 2 unspecified atom stereocenters. The van der Waals surface area contributed by atoms with Crippen LogP contribution in [0.1, 0.15) is 92.9 Å². The number of anilines is 3. The molecule has 0 aliphatic carbocycles. The second-order valence-corrected chi connectivity index (χ2v) is 36.9. The van der Waals surface area contributed by atoms with E-state index in [0.717, 1.165) is 69.1 Å². The van der Waals surface area contributed by atoms with Crippen molar-refractivity contribution in [2.24, 2.45) is 10.8 Å². The number of fused-ring (bicyclic) bond motifs is 3. The van der Waals surface area contributed by atoms with Gasteiger partial charge < -0.3 is 55.2 Å². The lowest BCUT2D eigenvalue weighted by Gasteiger charge is -2.38. The van der Waals surface area contributed by atoms with E-state index in [1.165, 1.54) is 29.4 Å². The minimum Gasteiger partial charge on any atom is -0.394 e. The van der Waals surface area contributed by atoms with Crippen LogP contribution in [-0.4, -0.2) is 163 Å². The molecule has 123 heavy (non-hydrogen) atoms. The molecule has 3 fully saturated rings. The number of nitrogens with two attached hydrogens (primary N) is 2. The van der Waals surface area contributed by atoms with Crippen LogP contribution >= 0.6 is 38.9 Å². The van der Waals surface area contributed by atoms with Gasteiger partial charge in [0.25, 0.3) is 11.1 Å². The second kappa shape index (κ2) is 38.9. The molecular weight excluding hydrogens is 1660 g/mol. The van der Waals surface area contributed by atoms with Gasteiger partial charge in [0, 0.05) is 24.7 Å². The number of hydrogen-bond donors (Lipinski definition) is 9. The van der Waals surface area contributed by atoms with E-state index in [1.807, 2.05) is 277 Å². The number of nitrogens with zero attached hydrogens (tertiary/aromatic N) is 7. The zero-order chi connectivity index (χ0) is 87.4. The van der Waals surface area contributed by atoms with Crippen molar-refractivity contribution in [2.45, 2.75) is 107 Å². The van der Waals surface area contributed by atoms with Gasteiger partial charge in [-0.25, -0.2) is 29.3 Å². The Balaban J connectivity index is 0.000000176. The van der Waals surface area contributed by atoms with Gasteiger partial charge in [0.15, 0.2) is 56.7 Å². The standard InChI is InChI=1S/C44H49N6O9PS.C27H31O5PS.C17H18N6O5/c1-42(2,28-56-44(31-18-10-5-11-19-31,32-20-12-6-13-21-32)33-22-14-7-15-23-33)40(53)61-25-24-57-60(55,47-26-30-16-8-4-9-17-30)58-27-34-36(51)43(3,54)39(59-34)50-29-46-35-37(50)48-41(45)49-38(35)52;1-26(2,25(28)34-20-19-32-33(3,29)30)21-31-27(22-13-7-4-8-14-22,23-15-9-5-10-16-23)24-17-11-6-12-18-24;1-17-12(27-23(28-17)9-5-3-2-4-6-9)10(7-24)26-15(17)22-8-19-11-13(22)20-16(18)21-14(11)25/h4-23,29,34,36,39,51,54H,24-28H2,1-3H3,(H,47,55)(H3,45,48,49,52);4-18H,19-21H2,1-3H3,(H,29,30);2-6,8,10,12,15,24H,7H2,1H3,(H3,18,20,21,25)/t34-,36-,39-,43-,60?;;10-,12-,15-,17-/m1.1/s1. The van der Waals surface area contributed by atoms with Gasteiger partial charge >= 0.3 is 15.3 Å². The first kappa shape index (κ1) is 90.5. The summed E-state index contributed by atoms with van der Waals surface area (Å²) in [5.41, 5.74) is 11.3. The van der Waals surface area contributed by atoms with Crippen LogP contribution in [0.3, 0.4) is 0 Å². The minimum absolute atomic E-state index is 0.0274. The highest BCUT2D eigenvalue weighted by molar-refractivity contribution is 8.14. The number of thioether (sulfide) groups is 2. The van der Waals surface area contributed by atoms with E-state index in [0.29, 0.717) is 11.4 Å². The summed E-state index contributed by atoms with van der Waals surface area (Å²) in [4.78, 5) is 94.0. The van der Waals surface area contributed by atoms with Crippen molar-refractivity contribution in [3.05, 3.63) is 315 Å². The van der Waals surface area contributed by atoms with Crippen LogP contribution in [0, 0.1) is 10.8 Å². The first-order chi connectivity index (χ1) is 58.9. The number of hydrogen-bond acceptors (Lipinski definition) is 27. The number of aliphatic hydroxyl groups excluding tert-OH is 2. The Bertz CT molecular complexity index is 5570. The number of nitrogens with one attached hydrogen (secondary N) is 3. The maximum Gasteiger partial charge on any atom is 0.405 e. The Morgan fingerprint density at radius 2 is 0.935 bits per heavy atom. The topological polar surface area (TPSA) is 427 Å². The molecule has 35 heteroatoms. The van der Waals surface area contributed by atoms with E-state index in [-0.39, 0.29) is 89.8 Å². The maximum atomic E-state index is 14.3. The van der Waals surface area contributed by atoms with Crippen LogP contribution in [0.5, 0.6) is 0 Å². The van der Waals surface area contributed by atoms with Gasteiger partial charge in [-0.1, -0.05) is 254 Å². The van der Waals surface area contributed by atoms with Gasteiger partial charge in [0.05, 0.1) is 68.8 Å². The van der Waals surface area contributed by atoms with E-state index >= 15 is 0 Å². The van der Waals surface area contributed by atoms with E-state index < -0.39 is 103 Å². The molecule has 8 aromatic carbocycles. The molecule has 12 aromatic rings. The summed E-state index contributed by atoms with van der Waals surface area (Å²) >= 11 is 2.11. The van der Waals surface area contributed by atoms with Crippen LogP contribution in [0.4, 0.5) is 17.6 Å². The van der Waals surface area contributed by atoms with Gasteiger partial charge in [-0.05, 0) is 92.6 Å². The van der Waals surface area contributed by atoms with Crippen LogP contribution in [-0.2, 0) is 78.7 Å². The molecule has 4 aromatic heterocycles. The summed E-state index contributed by atoms with van der Waals surface area (Å²) in [6.45, 7) is 11.1. The Labute approximate surface area is 717 Å². The smallest absolute Gasteiger partial charge is 0.394 e. The normalized spacial score (nSPS) is 20.7. The fourth-order valence-corrected chi connectivity index (χ4v) is 18.1. The SMILES string of the molecule is CC(C)(COC(c1ccccc1)(c1ccccc1)c1ccccc1)C(=O)SCCOP(=O)(NCc1ccccc1)OC[C@H]1O[C@@H](n2cnc3c(=O)[nH]c(N)nc32)[C@](C)(O)[C@@H]1O.CC(C)(COC(c1ccccc1)(c1ccccc1)c1ccccc1)C(=O)SCCOP(C)(=O)O.C[C@@]12ON(c3ccccc3)O[C@@H]1[C@@H](CO)O[C@H]2n1cnc2c(=O)[nH]c(N)nc21. The number of aliphatic hydroxyl groups is 3. The molecule has 646 valence electrons. The highest BCUT2D eigenvalue weighted by Gasteiger charge is 2.64. The van der Waals surface area contributed by atoms with Crippen molar-refractivity contribution in [1.82, 2.24) is 44.1 Å². The van der Waals surface area contributed by atoms with Gasteiger partial charge in [-0.15, -0.1) is 5.23 Å². The Morgan fingerprint density at radius 3 is 1.33 bits per heavy atom. The van der Waals surface area contributed by atoms with Crippen LogP contribution in [0.2, 0.25) is 0 Å². The highest BCUT2D eigenvalue weighted by Crippen LogP contribution is 2.51. The summed E-state index contributed by atoms with van der Waals surface area (Å²) in [5, 5.41) is 36.4. The van der Waals surface area contributed by atoms with Crippen molar-refractivity contribution in [2.75, 3.05) is 74.5 Å². The predicted octanol–water partition coefficient (Wildman–Crippen LogP) is 12.2. The molecule has 0 radical (unpaired) electrons. The Kier molecular flexibility index (Phi) is 28.6. The van der Waals surface area contributed by atoms with Crippen LogP contribution < -0.4 is 32.9 Å². The van der Waals surface area contributed by atoms with E-state index in [4.69, 9.17) is 53.7 Å². The number of carbonyl (C=O) groups excluding carboxylic acids is 2. The number of para-hydroxylation sites is 1. The third kappa shape index (κ3) is 20.4. The Morgan fingerprint density at radius 1 is 0.561 bits per heavy atom. The largest absolute Gasteiger partial charge is 0.405 e. The van der Waals surface area contributed by atoms with Gasteiger partial charge in [-0.3, -0.25) is 51.9 Å². The van der Waals surface area contributed by atoms with Gasteiger partial charge in [0.1, 0.15) is 35.1 Å². The lowest BCUT2D eigenvalue weighted by molar-refractivity contribution is -0.145. The van der Waals surface area contributed by atoms with Crippen LogP contribution in [0.15, 0.2) is 265 Å². The molecule has 11 N–H and O–H groups in total. The number of aromatic amines is 2. The first-order valence-corrected chi connectivity index (χ1v) is 45.0. The van der Waals surface area contributed by atoms with Crippen molar-refractivity contribution in [3.63, 3.8) is 0 Å². The fourth-order valence-electron chi connectivity index (χ4n) is 14.5. The van der Waals surface area contributed by atoms with Crippen molar-refractivity contribution < 1.29 is 81.1 Å². The molecule has 0 amide bonds. The molecule has 0 saturated carbocycles. The van der Waals surface area contributed by atoms with Crippen molar-refractivity contribution in [1.29, 1.82) is 0 Å². The fraction of sp³-hybridized carbons (Fsp3) is 0.318. The third-order valence-electron chi connectivity index (χ3n) is 20.9. The predicted molar refractivity (Wildman–Crippen MR) is 467 cm³/mol. The molecule has 7 heterocycles. The number of nitrogen functional groups attached to an aromatic ring is 2. The zero-order valence-corrected chi connectivity index (χ0v) is 71.9. The number of imidazole rings is 2. The summed E-state index contributed by atoms with van der Waals surface area (Å²) in [5.74, 6) is 0.216. The summed E-state index contributed by atoms with van der Waals surface area (Å²) in [6.07, 6.45) is -3.36. The van der Waals surface area contributed by atoms with Crippen LogP contribution in [0.25, 0.3) is 22.3 Å². The Hall–Kier alpha value is -10.2. The molecule has 3 aliphatic heterocycles. The molecule has 15 rings (SSSR count). The molecule has 3 aliphatic rings. The van der Waals surface area contributed by atoms with Crippen molar-refractivity contribution >= 4 is 89.0 Å². The van der Waals surface area contributed by atoms with Gasteiger partial charge in [0.2, 0.25) is 11.9 Å². The van der Waals surface area contributed by atoms with Crippen molar-refractivity contribution in [3.8, 4) is 0 Å². The molecule has 3 saturated heterocycles. The van der Waals surface area contributed by atoms with E-state index in [2.05, 4.69) is 35.0 Å². The average Bonchev–Trinajstić information content (AvgIpc) is 1.57. The molecule has 31 nitrogen and oxygen atoms in total. The third-order valence-corrected chi connectivity index (χ3v) is 25.5. The quantitative estimate of drug-likeness (QED) is 0.0107. The monoisotopic (exact) mass is 1750 g/mol. The zero-order valence-electron chi connectivity index (χ0n) is 68.5. The number of H-pyrrole nitrogens is 2. The number of benzene rings is 8. The molecule has 0 spiro atoms. The number of aromatic nitrogens is 8. The van der Waals surface area contributed by atoms with E-state index in [1.54, 1.807) is 4.57 Å². The number of ether oxygens (including phenoxy) is 4. The van der Waals surface area contributed by atoms with Gasteiger partial charge in [-0.2, -0.15) is 9.97 Å². The lowest BCUT2D eigenvalue weighted by Crippen LogP contribution is -2.44. The number of carbonyl (C=O) groups is 2. The molecular formula is C88H98N12O19P2S2. The van der Waals surface area contributed by atoms with E-state index in [9.17, 15) is 48.5 Å². The minimum atomic E-state index is -4.14. The average molecular weight is 1750 g/mol. The maximum absolute atomic E-state index is 14.3. The highest BCUT2D eigenvalue weighted by atomic mass is 32.2. The second-order valence-electron chi connectivity index (χ2n) is 31.1. The molecule has 10 atom stereocenters. The summed E-state index contributed by atoms with van der Waals surface area (Å²) in [7, 11) is -7.69.